The van der Waals surface area contributed by atoms with Gasteiger partial charge in [-0.15, -0.1) is 0 Å². The van der Waals surface area contributed by atoms with Crippen LogP contribution in [0, 0.1) is 0 Å². The van der Waals surface area contributed by atoms with Crippen molar-refractivity contribution >= 4 is 23.5 Å². The Kier molecular flexibility index (Phi) is 6.59. The van der Waals surface area contributed by atoms with E-state index in [0.717, 1.165) is 37.8 Å². The van der Waals surface area contributed by atoms with Gasteiger partial charge in [0.25, 0.3) is 0 Å². The van der Waals surface area contributed by atoms with Gasteiger partial charge in [0.05, 0.1) is 13.2 Å². The molecule has 2 saturated heterocycles. The Morgan fingerprint density at radius 2 is 1.70 bits per heavy atom. The number of piperazine rings is 1. The van der Waals surface area contributed by atoms with Crippen molar-refractivity contribution in [1.29, 1.82) is 0 Å². The fraction of sp³-hybridized carbons (Fsp3) is 0.556. The van der Waals surface area contributed by atoms with Gasteiger partial charge in [0.1, 0.15) is 18.0 Å². The third-order valence-corrected chi connectivity index (χ3v) is 4.75. The van der Waals surface area contributed by atoms with E-state index in [2.05, 4.69) is 31.7 Å². The second-order valence-electron chi connectivity index (χ2n) is 6.45. The van der Waals surface area contributed by atoms with E-state index in [1.807, 2.05) is 11.0 Å². The van der Waals surface area contributed by atoms with Gasteiger partial charge in [-0.3, -0.25) is 9.59 Å². The lowest BCUT2D eigenvalue weighted by atomic mass is 10.2. The zero-order valence-corrected chi connectivity index (χ0v) is 15.5. The molecule has 1 N–H and O–H groups in total. The van der Waals surface area contributed by atoms with Gasteiger partial charge in [0.15, 0.2) is 0 Å². The standard InChI is InChI=1S/C18H26N6O3/c1-2-17(25)19-4-3-18(26)24-7-5-22(6-8-24)15-13-16(21-14-20-15)23-9-11-27-12-10-23/h2,13-14H,1,3-12H2,(H,19,25). The SMILES string of the molecule is C=CC(=O)NCCC(=O)N1CCN(c2cc(N3CCOCC3)ncn2)CC1. The summed E-state index contributed by atoms with van der Waals surface area (Å²) in [6.07, 6.45) is 3.10. The second-order valence-corrected chi connectivity index (χ2v) is 6.45. The third kappa shape index (κ3) is 5.16. The summed E-state index contributed by atoms with van der Waals surface area (Å²) < 4.78 is 5.39. The van der Waals surface area contributed by atoms with Crippen LogP contribution in [-0.2, 0) is 14.3 Å². The molecule has 3 rings (SSSR count). The molecular weight excluding hydrogens is 348 g/mol. The number of carbonyl (C=O) groups excluding carboxylic acids is 2. The lowest BCUT2D eigenvalue weighted by Crippen LogP contribution is -2.49. The molecule has 2 aliphatic rings. The van der Waals surface area contributed by atoms with Crippen LogP contribution in [0.1, 0.15) is 6.42 Å². The average molecular weight is 374 g/mol. The van der Waals surface area contributed by atoms with Crippen LogP contribution >= 0.6 is 0 Å². The molecule has 0 bridgehead atoms. The molecule has 0 spiro atoms. The van der Waals surface area contributed by atoms with Crippen LogP contribution in [0.3, 0.4) is 0 Å². The van der Waals surface area contributed by atoms with Crippen molar-refractivity contribution in [1.82, 2.24) is 20.2 Å². The summed E-state index contributed by atoms with van der Waals surface area (Å²) in [4.78, 5) is 38.4. The summed E-state index contributed by atoms with van der Waals surface area (Å²) in [5, 5.41) is 2.63. The van der Waals surface area contributed by atoms with Crippen LogP contribution < -0.4 is 15.1 Å². The fourth-order valence-corrected chi connectivity index (χ4v) is 3.18. The summed E-state index contributed by atoms with van der Waals surface area (Å²) in [5.41, 5.74) is 0. The Balaban J connectivity index is 1.49. The Morgan fingerprint density at radius 3 is 2.33 bits per heavy atom. The molecule has 0 aliphatic carbocycles. The molecule has 1 aromatic heterocycles. The largest absolute Gasteiger partial charge is 0.378 e. The molecule has 0 unspecified atom stereocenters. The van der Waals surface area contributed by atoms with Gasteiger partial charge < -0.3 is 24.8 Å². The maximum Gasteiger partial charge on any atom is 0.243 e. The Morgan fingerprint density at radius 1 is 1.07 bits per heavy atom. The van der Waals surface area contributed by atoms with Crippen molar-refractivity contribution in [3.8, 4) is 0 Å². The van der Waals surface area contributed by atoms with Gasteiger partial charge in [-0.2, -0.15) is 0 Å². The molecule has 9 nitrogen and oxygen atoms in total. The minimum Gasteiger partial charge on any atom is -0.378 e. The Bertz CT molecular complexity index is 669. The van der Waals surface area contributed by atoms with Crippen LogP contribution in [0.5, 0.6) is 0 Å². The van der Waals surface area contributed by atoms with Gasteiger partial charge in [0, 0.05) is 58.3 Å². The minimum absolute atomic E-state index is 0.0516. The summed E-state index contributed by atoms with van der Waals surface area (Å²) in [5.74, 6) is 1.60. The van der Waals surface area contributed by atoms with Crippen LogP contribution in [-0.4, -0.2) is 85.7 Å². The molecule has 0 radical (unpaired) electrons. The molecule has 9 heteroatoms. The van der Waals surface area contributed by atoms with E-state index in [4.69, 9.17) is 4.74 Å². The number of ether oxygens (including phenoxy) is 1. The van der Waals surface area contributed by atoms with Crippen LogP contribution in [0.4, 0.5) is 11.6 Å². The maximum absolute atomic E-state index is 12.3. The first-order chi connectivity index (χ1) is 13.2. The van der Waals surface area contributed by atoms with Gasteiger partial charge in [-0.05, 0) is 6.08 Å². The van der Waals surface area contributed by atoms with Crippen LogP contribution in [0.2, 0.25) is 0 Å². The zero-order chi connectivity index (χ0) is 19.1. The number of morpholine rings is 1. The molecule has 2 fully saturated rings. The molecule has 146 valence electrons. The molecule has 3 heterocycles. The van der Waals surface area contributed by atoms with Crippen LogP contribution in [0.15, 0.2) is 25.0 Å². The summed E-state index contributed by atoms with van der Waals surface area (Å²) in [7, 11) is 0. The van der Waals surface area contributed by atoms with Crippen molar-refractivity contribution in [3.63, 3.8) is 0 Å². The average Bonchev–Trinajstić information content (AvgIpc) is 2.74. The predicted molar refractivity (Wildman–Crippen MR) is 102 cm³/mol. The van der Waals surface area contributed by atoms with Crippen LogP contribution in [0.25, 0.3) is 0 Å². The molecule has 2 amide bonds. The van der Waals surface area contributed by atoms with Crippen molar-refractivity contribution in [2.45, 2.75) is 6.42 Å². The highest BCUT2D eigenvalue weighted by Gasteiger charge is 2.22. The lowest BCUT2D eigenvalue weighted by Gasteiger charge is -2.36. The second kappa shape index (κ2) is 9.31. The fourth-order valence-electron chi connectivity index (χ4n) is 3.18. The number of aromatic nitrogens is 2. The monoisotopic (exact) mass is 374 g/mol. The molecule has 27 heavy (non-hydrogen) atoms. The number of nitrogens with one attached hydrogen (secondary N) is 1. The van der Waals surface area contributed by atoms with Gasteiger partial charge in [-0.1, -0.05) is 6.58 Å². The number of rotatable bonds is 6. The number of carbonyl (C=O) groups is 2. The van der Waals surface area contributed by atoms with E-state index in [9.17, 15) is 9.59 Å². The highest BCUT2D eigenvalue weighted by Crippen LogP contribution is 2.20. The summed E-state index contributed by atoms with van der Waals surface area (Å²) in [6, 6.07) is 2.01. The first-order valence-electron chi connectivity index (χ1n) is 9.25. The topological polar surface area (TPSA) is 90.9 Å². The maximum atomic E-state index is 12.3. The zero-order valence-electron chi connectivity index (χ0n) is 15.5. The minimum atomic E-state index is -0.257. The van der Waals surface area contributed by atoms with E-state index in [0.29, 0.717) is 39.3 Å². The predicted octanol–water partition coefficient (Wildman–Crippen LogP) is -0.346. The number of hydrogen-bond donors (Lipinski definition) is 1. The van der Waals surface area contributed by atoms with E-state index in [1.165, 1.54) is 6.08 Å². The first kappa shape index (κ1) is 19.1. The highest BCUT2D eigenvalue weighted by molar-refractivity contribution is 5.87. The van der Waals surface area contributed by atoms with E-state index in [-0.39, 0.29) is 11.8 Å². The number of anilines is 2. The Hall–Kier alpha value is -2.68. The molecule has 0 saturated carbocycles. The van der Waals surface area contributed by atoms with Crippen molar-refractivity contribution in [2.75, 3.05) is 68.8 Å². The Labute approximate surface area is 159 Å². The number of hydrogen-bond acceptors (Lipinski definition) is 7. The summed E-state index contributed by atoms with van der Waals surface area (Å²) in [6.45, 7) is 9.56. The molecule has 1 aromatic rings. The molecule has 0 aromatic carbocycles. The van der Waals surface area contributed by atoms with Gasteiger partial charge in [-0.25, -0.2) is 9.97 Å². The molecule has 0 atom stereocenters. The van der Waals surface area contributed by atoms with Crippen molar-refractivity contribution < 1.29 is 14.3 Å². The molecular formula is C18H26N6O3. The number of nitrogens with zero attached hydrogens (tertiary/aromatic N) is 5. The number of amides is 2. The van der Waals surface area contributed by atoms with E-state index < -0.39 is 0 Å². The van der Waals surface area contributed by atoms with E-state index in [1.54, 1.807) is 6.33 Å². The lowest BCUT2D eigenvalue weighted by molar-refractivity contribution is -0.131. The summed E-state index contributed by atoms with van der Waals surface area (Å²) >= 11 is 0. The first-order valence-corrected chi connectivity index (χ1v) is 9.25. The van der Waals surface area contributed by atoms with Gasteiger partial charge >= 0.3 is 0 Å². The van der Waals surface area contributed by atoms with E-state index >= 15 is 0 Å². The van der Waals surface area contributed by atoms with Crippen molar-refractivity contribution in [3.05, 3.63) is 25.0 Å². The highest BCUT2D eigenvalue weighted by atomic mass is 16.5. The third-order valence-electron chi connectivity index (χ3n) is 4.75. The normalized spacial score (nSPS) is 17.6. The van der Waals surface area contributed by atoms with Crippen molar-refractivity contribution in [2.24, 2.45) is 0 Å². The molecule has 2 aliphatic heterocycles. The quantitative estimate of drug-likeness (QED) is 0.681. The smallest absolute Gasteiger partial charge is 0.243 e. The van der Waals surface area contributed by atoms with Gasteiger partial charge in [0.2, 0.25) is 11.8 Å².